The van der Waals surface area contributed by atoms with Crippen LogP contribution in [0.5, 0.6) is 0 Å². The average Bonchev–Trinajstić information content (AvgIpc) is 2.40. The standard InChI is InChI=1S/C16H23NO2/c1-2-17(11-12-18)15(19)16(9-6-10-16)13-14-7-4-3-5-8-14/h3-5,7-8,18H,2,6,9-13H2,1H3. The number of hydrogen-bond donors (Lipinski definition) is 1. The number of rotatable bonds is 6. The second-order valence-corrected chi connectivity index (χ2v) is 5.40. The molecule has 0 aromatic heterocycles. The molecule has 0 saturated heterocycles. The van der Waals surface area contributed by atoms with Gasteiger partial charge in [-0.3, -0.25) is 4.79 Å². The van der Waals surface area contributed by atoms with Gasteiger partial charge in [-0.2, -0.15) is 0 Å². The fraction of sp³-hybridized carbons (Fsp3) is 0.562. The molecular formula is C16H23NO2. The number of likely N-dealkylation sites (N-methyl/N-ethyl adjacent to an activating group) is 1. The van der Waals surface area contributed by atoms with E-state index in [1.54, 1.807) is 4.90 Å². The topological polar surface area (TPSA) is 40.5 Å². The Balaban J connectivity index is 2.11. The van der Waals surface area contributed by atoms with Crippen LogP contribution in [-0.4, -0.2) is 35.6 Å². The molecule has 1 fully saturated rings. The van der Waals surface area contributed by atoms with E-state index in [2.05, 4.69) is 12.1 Å². The zero-order valence-electron chi connectivity index (χ0n) is 11.6. The fourth-order valence-corrected chi connectivity index (χ4v) is 2.92. The molecule has 1 N–H and O–H groups in total. The lowest BCUT2D eigenvalue weighted by atomic mass is 9.64. The number of nitrogens with zero attached hydrogens (tertiary/aromatic N) is 1. The molecule has 1 aliphatic rings. The molecule has 19 heavy (non-hydrogen) atoms. The van der Waals surface area contributed by atoms with Gasteiger partial charge in [-0.15, -0.1) is 0 Å². The first-order chi connectivity index (χ1) is 9.22. The summed E-state index contributed by atoms with van der Waals surface area (Å²) in [5, 5.41) is 9.07. The molecule has 1 amide bonds. The lowest BCUT2D eigenvalue weighted by Crippen LogP contribution is -2.49. The maximum Gasteiger partial charge on any atom is 0.229 e. The van der Waals surface area contributed by atoms with E-state index in [4.69, 9.17) is 5.11 Å². The Morgan fingerprint density at radius 3 is 2.47 bits per heavy atom. The van der Waals surface area contributed by atoms with Crippen molar-refractivity contribution >= 4 is 5.91 Å². The van der Waals surface area contributed by atoms with Crippen LogP contribution in [0.3, 0.4) is 0 Å². The second kappa shape index (κ2) is 6.20. The van der Waals surface area contributed by atoms with Gasteiger partial charge < -0.3 is 10.0 Å². The van der Waals surface area contributed by atoms with Gasteiger partial charge in [-0.1, -0.05) is 36.8 Å². The summed E-state index contributed by atoms with van der Waals surface area (Å²) in [5.74, 6) is 0.221. The first-order valence-electron chi connectivity index (χ1n) is 7.16. The Labute approximate surface area is 115 Å². The van der Waals surface area contributed by atoms with Crippen molar-refractivity contribution in [3.05, 3.63) is 35.9 Å². The van der Waals surface area contributed by atoms with Crippen molar-refractivity contribution in [1.29, 1.82) is 0 Å². The highest BCUT2D eigenvalue weighted by Crippen LogP contribution is 2.45. The Morgan fingerprint density at radius 2 is 2.00 bits per heavy atom. The minimum atomic E-state index is -0.216. The Morgan fingerprint density at radius 1 is 1.32 bits per heavy atom. The quantitative estimate of drug-likeness (QED) is 0.853. The molecule has 0 heterocycles. The van der Waals surface area contributed by atoms with Crippen LogP contribution >= 0.6 is 0 Å². The smallest absolute Gasteiger partial charge is 0.229 e. The third kappa shape index (κ3) is 2.98. The SMILES string of the molecule is CCN(CCO)C(=O)C1(Cc2ccccc2)CCC1. The number of aliphatic hydroxyl groups excluding tert-OH is 1. The van der Waals surface area contributed by atoms with Crippen LogP contribution in [0.15, 0.2) is 30.3 Å². The second-order valence-electron chi connectivity index (χ2n) is 5.40. The monoisotopic (exact) mass is 261 g/mol. The molecule has 0 atom stereocenters. The van der Waals surface area contributed by atoms with E-state index >= 15 is 0 Å². The van der Waals surface area contributed by atoms with Crippen LogP contribution in [0.1, 0.15) is 31.7 Å². The predicted molar refractivity (Wildman–Crippen MR) is 75.8 cm³/mol. The summed E-state index contributed by atoms with van der Waals surface area (Å²) in [5.41, 5.74) is 1.02. The molecule has 0 radical (unpaired) electrons. The number of carbonyl (C=O) groups is 1. The summed E-state index contributed by atoms with van der Waals surface area (Å²) in [7, 11) is 0. The predicted octanol–water partition coefficient (Wildman–Crippen LogP) is 2.24. The highest BCUT2D eigenvalue weighted by Gasteiger charge is 2.45. The van der Waals surface area contributed by atoms with Gasteiger partial charge in [0.1, 0.15) is 0 Å². The largest absolute Gasteiger partial charge is 0.395 e. The molecule has 1 saturated carbocycles. The van der Waals surface area contributed by atoms with E-state index < -0.39 is 0 Å². The summed E-state index contributed by atoms with van der Waals surface area (Å²) in [6.07, 6.45) is 3.91. The van der Waals surface area contributed by atoms with Crippen molar-refractivity contribution in [2.24, 2.45) is 5.41 Å². The van der Waals surface area contributed by atoms with Crippen LogP contribution in [0.2, 0.25) is 0 Å². The molecule has 1 aromatic carbocycles. The van der Waals surface area contributed by atoms with Gasteiger partial charge >= 0.3 is 0 Å². The van der Waals surface area contributed by atoms with Crippen LogP contribution in [-0.2, 0) is 11.2 Å². The van der Waals surface area contributed by atoms with E-state index in [1.165, 1.54) is 5.56 Å². The summed E-state index contributed by atoms with van der Waals surface area (Å²) < 4.78 is 0. The molecule has 104 valence electrons. The van der Waals surface area contributed by atoms with E-state index in [0.29, 0.717) is 13.1 Å². The van der Waals surface area contributed by atoms with Crippen LogP contribution in [0, 0.1) is 5.41 Å². The molecule has 0 bridgehead atoms. The van der Waals surface area contributed by atoms with Gasteiger partial charge in [-0.25, -0.2) is 0 Å². The average molecular weight is 261 g/mol. The minimum Gasteiger partial charge on any atom is -0.395 e. The zero-order valence-corrected chi connectivity index (χ0v) is 11.6. The summed E-state index contributed by atoms with van der Waals surface area (Å²) in [6, 6.07) is 10.2. The molecule has 3 heteroatoms. The number of benzene rings is 1. The van der Waals surface area contributed by atoms with Gasteiger partial charge in [0.15, 0.2) is 0 Å². The van der Waals surface area contributed by atoms with Gasteiger partial charge in [-0.05, 0) is 31.7 Å². The lowest BCUT2D eigenvalue weighted by molar-refractivity contribution is -0.147. The maximum absolute atomic E-state index is 12.7. The normalized spacial score (nSPS) is 16.7. The third-order valence-electron chi connectivity index (χ3n) is 4.19. The highest BCUT2D eigenvalue weighted by atomic mass is 16.3. The van der Waals surface area contributed by atoms with E-state index in [9.17, 15) is 4.79 Å². The molecule has 0 aliphatic heterocycles. The van der Waals surface area contributed by atoms with Gasteiger partial charge in [0, 0.05) is 13.1 Å². The Kier molecular flexibility index (Phi) is 4.59. The van der Waals surface area contributed by atoms with Gasteiger partial charge in [0.2, 0.25) is 5.91 Å². The van der Waals surface area contributed by atoms with Crippen LogP contribution < -0.4 is 0 Å². The first-order valence-corrected chi connectivity index (χ1v) is 7.16. The third-order valence-corrected chi connectivity index (χ3v) is 4.19. The number of amides is 1. The van der Waals surface area contributed by atoms with E-state index in [-0.39, 0.29) is 17.9 Å². The molecule has 0 unspecified atom stereocenters. The fourth-order valence-electron chi connectivity index (χ4n) is 2.92. The van der Waals surface area contributed by atoms with Crippen LogP contribution in [0.25, 0.3) is 0 Å². The minimum absolute atomic E-state index is 0.0427. The van der Waals surface area contributed by atoms with Crippen molar-refractivity contribution in [1.82, 2.24) is 4.90 Å². The van der Waals surface area contributed by atoms with Crippen molar-refractivity contribution in [3.63, 3.8) is 0 Å². The van der Waals surface area contributed by atoms with E-state index in [1.807, 2.05) is 25.1 Å². The Hall–Kier alpha value is -1.35. The molecular weight excluding hydrogens is 238 g/mol. The van der Waals surface area contributed by atoms with Gasteiger partial charge in [0.05, 0.1) is 12.0 Å². The molecule has 1 aromatic rings. The molecule has 1 aliphatic carbocycles. The molecule has 0 spiro atoms. The highest BCUT2D eigenvalue weighted by molar-refractivity contribution is 5.84. The van der Waals surface area contributed by atoms with Crippen molar-refractivity contribution in [3.8, 4) is 0 Å². The van der Waals surface area contributed by atoms with Crippen molar-refractivity contribution < 1.29 is 9.90 Å². The zero-order chi connectivity index (χ0) is 13.7. The van der Waals surface area contributed by atoms with Crippen molar-refractivity contribution in [2.75, 3.05) is 19.7 Å². The molecule has 3 nitrogen and oxygen atoms in total. The van der Waals surface area contributed by atoms with Crippen molar-refractivity contribution in [2.45, 2.75) is 32.6 Å². The maximum atomic E-state index is 12.7. The van der Waals surface area contributed by atoms with Gasteiger partial charge in [0.25, 0.3) is 0 Å². The van der Waals surface area contributed by atoms with Crippen LogP contribution in [0.4, 0.5) is 0 Å². The summed E-state index contributed by atoms with van der Waals surface area (Å²) in [4.78, 5) is 14.5. The number of aliphatic hydroxyl groups is 1. The summed E-state index contributed by atoms with van der Waals surface area (Å²) in [6.45, 7) is 3.14. The van der Waals surface area contributed by atoms with E-state index in [0.717, 1.165) is 25.7 Å². The lowest BCUT2D eigenvalue weighted by Gasteiger charge is -2.43. The number of hydrogen-bond acceptors (Lipinski definition) is 2. The summed E-state index contributed by atoms with van der Waals surface area (Å²) >= 11 is 0. The number of carbonyl (C=O) groups excluding carboxylic acids is 1. The molecule has 2 rings (SSSR count). The first kappa shape index (κ1) is 14.1. The Bertz CT molecular complexity index is 412.